The number of methoxy groups -OCH3 is 1. The van der Waals surface area contributed by atoms with Crippen molar-refractivity contribution in [1.29, 1.82) is 0 Å². The van der Waals surface area contributed by atoms with E-state index in [-0.39, 0.29) is 17.6 Å². The molecule has 0 unspecified atom stereocenters. The molecule has 0 saturated carbocycles. The highest BCUT2D eigenvalue weighted by Gasteiger charge is 2.34. The van der Waals surface area contributed by atoms with E-state index in [1.807, 2.05) is 13.8 Å². The van der Waals surface area contributed by atoms with Crippen molar-refractivity contribution in [2.45, 2.75) is 26.8 Å². The molecule has 1 heterocycles. The number of carbonyl (C=O) groups excluding carboxylic acids is 1. The number of ether oxygens (including phenoxy) is 1. The van der Waals surface area contributed by atoms with Crippen LogP contribution in [-0.2, 0) is 4.74 Å². The number of nitro groups is 1. The molecule has 10 heteroatoms. The van der Waals surface area contributed by atoms with Crippen molar-refractivity contribution >= 4 is 17.6 Å². The van der Waals surface area contributed by atoms with E-state index in [4.69, 9.17) is 11.6 Å². The number of hydrogen-bond donors (Lipinski definition) is 2. The largest absolute Gasteiger partial charge is 0.453 e. The normalized spacial score (nSPS) is 14.1. The molecule has 25 heavy (non-hydrogen) atoms. The summed E-state index contributed by atoms with van der Waals surface area (Å²) < 4.78 is 4.58. The molecule has 138 valence electrons. The van der Waals surface area contributed by atoms with Gasteiger partial charge in [0, 0.05) is 30.3 Å². The Morgan fingerprint density at radius 3 is 2.56 bits per heavy atom. The van der Waals surface area contributed by atoms with Gasteiger partial charge in [-0.05, 0) is 6.92 Å². The molecule has 0 atom stereocenters. The molecule has 0 aromatic heterocycles. The fraction of sp³-hybridized carbons (Fsp3) is 0.467. The predicted molar refractivity (Wildman–Crippen MR) is 93.7 cm³/mol. The molecule has 0 spiro atoms. The molecule has 1 amide bonds. The fourth-order valence-electron chi connectivity index (χ4n) is 2.13. The summed E-state index contributed by atoms with van der Waals surface area (Å²) in [7, 11) is 1.30. The SMILES string of the molecule is CC.COC(=O)N1CC(N(N)/N=C(\N)c2ccc(C)c([N+](=O)[O-])c2)C1. The molecule has 2 rings (SSSR count). The fourth-order valence-corrected chi connectivity index (χ4v) is 2.13. The average molecular weight is 352 g/mol. The highest BCUT2D eigenvalue weighted by Crippen LogP contribution is 2.19. The van der Waals surface area contributed by atoms with Crippen molar-refractivity contribution < 1.29 is 14.5 Å². The summed E-state index contributed by atoms with van der Waals surface area (Å²) in [4.78, 5) is 23.2. The number of likely N-dealkylation sites (tertiary alicyclic amines) is 1. The third kappa shape index (κ3) is 4.80. The quantitative estimate of drug-likeness (QED) is 0.272. The van der Waals surface area contributed by atoms with Crippen LogP contribution < -0.4 is 11.6 Å². The lowest BCUT2D eigenvalue weighted by Gasteiger charge is -2.40. The Morgan fingerprint density at radius 2 is 2.04 bits per heavy atom. The third-order valence-corrected chi connectivity index (χ3v) is 3.59. The summed E-state index contributed by atoms with van der Waals surface area (Å²) in [6.07, 6.45) is -0.430. The van der Waals surface area contributed by atoms with Crippen LogP contribution in [0, 0.1) is 17.0 Å². The van der Waals surface area contributed by atoms with Gasteiger partial charge in [0.05, 0.1) is 18.1 Å². The van der Waals surface area contributed by atoms with Crippen molar-refractivity contribution in [1.82, 2.24) is 10.0 Å². The first-order valence-corrected chi connectivity index (χ1v) is 7.79. The van der Waals surface area contributed by atoms with E-state index in [2.05, 4.69) is 9.84 Å². The van der Waals surface area contributed by atoms with Crippen LogP contribution in [0.5, 0.6) is 0 Å². The molecule has 0 aliphatic carbocycles. The molecular formula is C15H24N6O4. The number of nitro benzene ring substituents is 1. The first kappa shape index (κ1) is 20.2. The Bertz CT molecular complexity index is 657. The van der Waals surface area contributed by atoms with E-state index in [9.17, 15) is 14.9 Å². The molecule has 1 aliphatic rings. The van der Waals surface area contributed by atoms with Gasteiger partial charge in [0.25, 0.3) is 5.69 Å². The molecule has 1 fully saturated rings. The van der Waals surface area contributed by atoms with E-state index in [0.29, 0.717) is 24.2 Å². The average Bonchev–Trinajstić information content (AvgIpc) is 2.55. The molecule has 1 aromatic rings. The highest BCUT2D eigenvalue weighted by atomic mass is 16.6. The van der Waals surface area contributed by atoms with Gasteiger partial charge in [-0.2, -0.15) is 0 Å². The van der Waals surface area contributed by atoms with Gasteiger partial charge >= 0.3 is 6.09 Å². The monoisotopic (exact) mass is 352 g/mol. The van der Waals surface area contributed by atoms with E-state index in [1.165, 1.54) is 18.1 Å². The number of hydrogen-bond acceptors (Lipinski definition) is 7. The van der Waals surface area contributed by atoms with Gasteiger partial charge in [0.1, 0.15) is 0 Å². The molecule has 10 nitrogen and oxygen atoms in total. The summed E-state index contributed by atoms with van der Waals surface area (Å²) in [6.45, 7) is 6.38. The minimum Gasteiger partial charge on any atom is -0.453 e. The molecule has 1 aromatic carbocycles. The van der Waals surface area contributed by atoms with Gasteiger partial charge in [-0.3, -0.25) is 10.1 Å². The number of amidine groups is 1. The third-order valence-electron chi connectivity index (χ3n) is 3.59. The van der Waals surface area contributed by atoms with E-state index < -0.39 is 11.0 Å². The Hall–Kier alpha value is -2.88. The second-order valence-electron chi connectivity index (χ2n) is 5.15. The number of aryl methyl sites for hydroxylation is 1. The summed E-state index contributed by atoms with van der Waals surface area (Å²) in [6, 6.07) is 4.40. The van der Waals surface area contributed by atoms with Crippen LogP contribution in [0.25, 0.3) is 0 Å². The number of nitrogens with two attached hydrogens (primary N) is 2. The zero-order valence-corrected chi connectivity index (χ0v) is 14.8. The number of amides is 1. The van der Waals surface area contributed by atoms with E-state index in [1.54, 1.807) is 19.1 Å². The number of carbonyl (C=O) groups is 1. The lowest BCUT2D eigenvalue weighted by molar-refractivity contribution is -0.385. The minimum atomic E-state index is -0.480. The highest BCUT2D eigenvalue weighted by molar-refractivity contribution is 5.98. The Balaban J connectivity index is 0.00000151. The van der Waals surface area contributed by atoms with E-state index in [0.717, 1.165) is 5.12 Å². The number of nitrogens with zero attached hydrogens (tertiary/aromatic N) is 4. The van der Waals surface area contributed by atoms with Crippen LogP contribution in [0.4, 0.5) is 10.5 Å². The summed E-state index contributed by atoms with van der Waals surface area (Å²) in [5.41, 5.74) is 6.75. The maximum absolute atomic E-state index is 11.3. The second-order valence-corrected chi connectivity index (χ2v) is 5.15. The minimum absolute atomic E-state index is 0.0373. The molecular weight excluding hydrogens is 328 g/mol. The number of hydrazone groups is 1. The first-order valence-electron chi connectivity index (χ1n) is 7.79. The molecule has 1 aliphatic heterocycles. The smallest absolute Gasteiger partial charge is 0.409 e. The van der Waals surface area contributed by atoms with Crippen molar-refractivity contribution in [2.24, 2.45) is 16.7 Å². The van der Waals surface area contributed by atoms with Crippen LogP contribution in [0.3, 0.4) is 0 Å². The van der Waals surface area contributed by atoms with Gasteiger partial charge in [-0.15, -0.1) is 5.10 Å². The molecule has 0 radical (unpaired) electrons. The summed E-state index contributed by atoms with van der Waals surface area (Å²) in [5, 5.41) is 16.1. The van der Waals surface area contributed by atoms with Crippen molar-refractivity contribution in [3.05, 3.63) is 39.4 Å². The van der Waals surface area contributed by atoms with Crippen LogP contribution >= 0.6 is 0 Å². The van der Waals surface area contributed by atoms with E-state index >= 15 is 0 Å². The zero-order chi connectivity index (χ0) is 19.1. The van der Waals surface area contributed by atoms with Gasteiger partial charge in [0.15, 0.2) is 5.84 Å². The standard InChI is InChI=1S/C13H18N6O4.C2H6/c1-8-3-4-9(5-11(8)19(21)22)12(14)16-18(15)10-6-17(7-10)13(20)23-2;1-2/h3-5,10H,6-7,15H2,1-2H3,(H2,14,16);1-2H3. The topological polar surface area (TPSA) is 140 Å². The lowest BCUT2D eigenvalue weighted by atomic mass is 10.1. The van der Waals surface area contributed by atoms with Gasteiger partial charge in [-0.25, -0.2) is 15.8 Å². The second kappa shape index (κ2) is 8.83. The summed E-state index contributed by atoms with van der Waals surface area (Å²) >= 11 is 0. The molecule has 0 bridgehead atoms. The van der Waals surface area contributed by atoms with Crippen molar-refractivity contribution in [2.75, 3.05) is 20.2 Å². The van der Waals surface area contributed by atoms with Crippen molar-refractivity contribution in [3.63, 3.8) is 0 Å². The van der Waals surface area contributed by atoms with Crippen LogP contribution in [-0.4, -0.2) is 53.1 Å². The summed E-state index contributed by atoms with van der Waals surface area (Å²) in [5.74, 6) is 5.86. The Morgan fingerprint density at radius 1 is 1.44 bits per heavy atom. The maximum atomic E-state index is 11.3. The molecule has 1 saturated heterocycles. The number of hydrazine groups is 1. The Labute approximate surface area is 146 Å². The van der Waals surface area contributed by atoms with Gasteiger partial charge in [-0.1, -0.05) is 26.0 Å². The van der Waals surface area contributed by atoms with Crippen LogP contribution in [0.2, 0.25) is 0 Å². The van der Waals surface area contributed by atoms with Gasteiger partial charge in [0.2, 0.25) is 0 Å². The van der Waals surface area contributed by atoms with Crippen LogP contribution in [0.15, 0.2) is 23.3 Å². The lowest BCUT2D eigenvalue weighted by Crippen LogP contribution is -2.61. The number of rotatable bonds is 4. The van der Waals surface area contributed by atoms with Crippen molar-refractivity contribution in [3.8, 4) is 0 Å². The maximum Gasteiger partial charge on any atom is 0.409 e. The predicted octanol–water partition coefficient (Wildman–Crippen LogP) is 1.18. The Kier molecular flexibility index (Phi) is 7.12. The van der Waals surface area contributed by atoms with Gasteiger partial charge < -0.3 is 15.4 Å². The number of benzene rings is 1. The molecule has 4 N–H and O–H groups in total. The van der Waals surface area contributed by atoms with Crippen LogP contribution in [0.1, 0.15) is 25.0 Å². The zero-order valence-electron chi connectivity index (χ0n) is 14.8. The first-order chi connectivity index (χ1) is 11.8.